The van der Waals surface area contributed by atoms with Crippen molar-refractivity contribution in [2.45, 2.75) is 27.3 Å². The zero-order valence-electron chi connectivity index (χ0n) is 23.6. The van der Waals surface area contributed by atoms with E-state index in [0.29, 0.717) is 55.5 Å². The summed E-state index contributed by atoms with van der Waals surface area (Å²) in [7, 11) is 3.89. The summed E-state index contributed by atoms with van der Waals surface area (Å²) in [6, 6.07) is 14.5. The molecule has 1 aliphatic heterocycles. The molecule has 0 radical (unpaired) electrons. The lowest BCUT2D eigenvalue weighted by molar-refractivity contribution is 0.0523. The van der Waals surface area contributed by atoms with Crippen LogP contribution in [0.15, 0.2) is 53.3 Å². The second-order valence-corrected chi connectivity index (χ2v) is 9.44. The van der Waals surface area contributed by atoms with E-state index >= 15 is 0 Å². The lowest BCUT2D eigenvalue weighted by atomic mass is 10.1. The molecule has 0 saturated carbocycles. The topological polar surface area (TPSA) is 110 Å². The Labute approximate surface area is 235 Å². The first-order chi connectivity index (χ1) is 18.3. The molecule has 0 spiro atoms. The number of anilines is 1. The number of benzene rings is 2. The molecule has 1 aromatic heterocycles. The Morgan fingerprint density at radius 3 is 2.18 bits per heavy atom. The molecule has 1 saturated heterocycles. The first kappa shape index (κ1) is 31.8. The Hall–Kier alpha value is -3.40. The number of fused-ring (bicyclic) bond motifs is 1. The van der Waals surface area contributed by atoms with Gasteiger partial charge in [0.15, 0.2) is 0 Å². The number of para-hydroxylation sites is 1. The van der Waals surface area contributed by atoms with E-state index in [-0.39, 0.29) is 29.8 Å². The van der Waals surface area contributed by atoms with E-state index < -0.39 is 5.97 Å². The van der Waals surface area contributed by atoms with Gasteiger partial charge in [0.1, 0.15) is 5.56 Å². The minimum atomic E-state index is -0.624. The molecule has 3 aromatic rings. The number of likely N-dealkylation sites (N-methyl/N-ethyl adjacent to an activating group) is 1. The van der Waals surface area contributed by atoms with Gasteiger partial charge in [0, 0.05) is 55.2 Å². The van der Waals surface area contributed by atoms with Gasteiger partial charge in [-0.2, -0.15) is 0 Å². The summed E-state index contributed by atoms with van der Waals surface area (Å²) < 4.78 is 6.99. The van der Waals surface area contributed by atoms with Crippen LogP contribution >= 0.6 is 11.6 Å². The van der Waals surface area contributed by atoms with Gasteiger partial charge in [-0.15, -0.1) is 0 Å². The number of piperazine rings is 1. The van der Waals surface area contributed by atoms with Crippen LogP contribution in [0.5, 0.6) is 0 Å². The van der Waals surface area contributed by atoms with E-state index in [1.165, 1.54) is 0 Å². The third-order valence-corrected chi connectivity index (χ3v) is 6.62. The molecule has 10 heteroatoms. The zero-order chi connectivity index (χ0) is 27.8. The van der Waals surface area contributed by atoms with Crippen LogP contribution in [0, 0.1) is 0 Å². The van der Waals surface area contributed by atoms with Gasteiger partial charge in [0.25, 0.3) is 11.5 Å². The summed E-state index contributed by atoms with van der Waals surface area (Å²) in [5.41, 5.74) is 1.62. The Kier molecular flexibility index (Phi) is 12.0. The Morgan fingerprint density at radius 1 is 0.974 bits per heavy atom. The fourth-order valence-corrected chi connectivity index (χ4v) is 4.66. The first-order valence-corrected chi connectivity index (χ1v) is 13.5. The van der Waals surface area contributed by atoms with Gasteiger partial charge >= 0.3 is 5.97 Å². The summed E-state index contributed by atoms with van der Waals surface area (Å²) >= 11 is 5.96. The van der Waals surface area contributed by atoms with Crippen LogP contribution in [0.3, 0.4) is 0 Å². The number of ether oxygens (including phenoxy) is 1. The van der Waals surface area contributed by atoms with Crippen LogP contribution in [0.1, 0.15) is 41.5 Å². The van der Waals surface area contributed by atoms with Gasteiger partial charge in [0.05, 0.1) is 17.8 Å². The molecule has 0 aliphatic carbocycles. The largest absolute Gasteiger partial charge is 0.462 e. The van der Waals surface area contributed by atoms with Crippen molar-refractivity contribution in [3.8, 4) is 0 Å². The maximum Gasteiger partial charge on any atom is 0.345 e. The second kappa shape index (κ2) is 14.7. The normalized spacial score (nSPS) is 13.0. The Bertz CT molecular complexity index is 1320. The molecule has 1 amide bonds. The van der Waals surface area contributed by atoms with E-state index in [4.69, 9.17) is 16.3 Å². The van der Waals surface area contributed by atoms with Gasteiger partial charge in [0.2, 0.25) is 0 Å². The van der Waals surface area contributed by atoms with Crippen molar-refractivity contribution >= 4 is 40.1 Å². The molecule has 39 heavy (non-hydrogen) atoms. The maximum absolute atomic E-state index is 13.7. The number of hydrogen-bond acceptors (Lipinski definition) is 7. The Morgan fingerprint density at radius 2 is 1.59 bits per heavy atom. The van der Waals surface area contributed by atoms with Crippen LogP contribution in [0.2, 0.25) is 5.02 Å². The number of rotatable bonds is 7. The van der Waals surface area contributed by atoms with E-state index in [2.05, 4.69) is 0 Å². The number of carbonyl (C=O) groups excluding carboxylic acids is 2. The second-order valence-electron chi connectivity index (χ2n) is 9.01. The number of esters is 1. The zero-order valence-corrected chi connectivity index (χ0v) is 24.3. The molecule has 0 bridgehead atoms. The molecule has 1 aliphatic rings. The number of hydrogen-bond donors (Lipinski definition) is 1. The predicted octanol–water partition coefficient (Wildman–Crippen LogP) is 4.54. The van der Waals surface area contributed by atoms with Crippen molar-refractivity contribution in [2.75, 3.05) is 58.3 Å². The predicted molar refractivity (Wildman–Crippen MR) is 159 cm³/mol. The highest BCUT2D eigenvalue weighted by atomic mass is 35.5. The molecule has 2 heterocycles. The van der Waals surface area contributed by atoms with Crippen LogP contribution in [0.4, 0.5) is 5.69 Å². The van der Waals surface area contributed by atoms with Crippen molar-refractivity contribution < 1.29 is 14.3 Å². The lowest BCUT2D eigenvalue weighted by Crippen LogP contribution is -2.49. The average Bonchev–Trinajstić information content (AvgIpc) is 2.93. The number of halogens is 1. The summed E-state index contributed by atoms with van der Waals surface area (Å²) in [5, 5.41) is 1.39. The van der Waals surface area contributed by atoms with Crippen molar-refractivity contribution in [2.24, 2.45) is 0 Å². The van der Waals surface area contributed by atoms with E-state index in [0.717, 1.165) is 10.9 Å². The Balaban J connectivity index is 0.00000174. The fourth-order valence-electron chi connectivity index (χ4n) is 4.54. The standard InChI is InChI=1S/C27H31ClN4O4.C2H6.H3N/c1-4-36-27(35)23-24(21-7-5-6-8-22(21)32(26(23)34)18-13-29(2)3)30-14-16-31(17-15-30)25(33)19-9-11-20(28)12-10-19;1-2;/h5-12H,4,13-18H2,1-3H3;1-2H3;1H3. The smallest absolute Gasteiger partial charge is 0.345 e. The van der Waals surface area contributed by atoms with Gasteiger partial charge in [-0.1, -0.05) is 43.6 Å². The van der Waals surface area contributed by atoms with Gasteiger partial charge in [-0.3, -0.25) is 9.59 Å². The highest BCUT2D eigenvalue weighted by molar-refractivity contribution is 6.30. The van der Waals surface area contributed by atoms with Crippen molar-refractivity contribution in [3.63, 3.8) is 0 Å². The fraction of sp³-hybridized carbons (Fsp3) is 0.414. The summed E-state index contributed by atoms with van der Waals surface area (Å²) in [6.45, 7) is 8.88. The molecule has 4 rings (SSSR count). The van der Waals surface area contributed by atoms with Crippen LogP contribution in [0.25, 0.3) is 10.9 Å². The number of amides is 1. The van der Waals surface area contributed by atoms with Crippen LogP contribution < -0.4 is 16.6 Å². The SMILES string of the molecule is CC.CCOC(=O)c1c(N2CCN(C(=O)c3ccc(Cl)cc3)CC2)c2ccccc2n(CCN(C)C)c1=O.N. The minimum Gasteiger partial charge on any atom is -0.462 e. The first-order valence-electron chi connectivity index (χ1n) is 13.1. The van der Waals surface area contributed by atoms with Crippen molar-refractivity contribution in [1.29, 1.82) is 0 Å². The molecule has 212 valence electrons. The number of nitrogens with zero attached hydrogens (tertiary/aromatic N) is 4. The highest BCUT2D eigenvalue weighted by Gasteiger charge is 2.30. The molecule has 2 aromatic carbocycles. The number of aromatic nitrogens is 1. The van der Waals surface area contributed by atoms with E-state index in [9.17, 15) is 14.4 Å². The number of pyridine rings is 1. The van der Waals surface area contributed by atoms with Gasteiger partial charge in [-0.05, 0) is 51.4 Å². The molecule has 0 unspecified atom stereocenters. The van der Waals surface area contributed by atoms with Crippen molar-refractivity contribution in [1.82, 2.24) is 20.5 Å². The molecule has 0 atom stereocenters. The molecule has 3 N–H and O–H groups in total. The summed E-state index contributed by atoms with van der Waals surface area (Å²) in [6.07, 6.45) is 0. The van der Waals surface area contributed by atoms with Crippen molar-refractivity contribution in [3.05, 3.63) is 75.0 Å². The van der Waals surface area contributed by atoms with E-state index in [1.54, 1.807) is 40.7 Å². The number of carbonyl (C=O) groups is 2. The molecular formula is C29H40ClN5O4. The third-order valence-electron chi connectivity index (χ3n) is 6.37. The average molecular weight is 558 g/mol. The summed E-state index contributed by atoms with van der Waals surface area (Å²) in [4.78, 5) is 45.6. The molecule has 9 nitrogen and oxygen atoms in total. The van der Waals surface area contributed by atoms with Gasteiger partial charge < -0.3 is 30.2 Å². The minimum absolute atomic E-state index is 0. The van der Waals surface area contributed by atoms with Gasteiger partial charge in [-0.25, -0.2) is 4.79 Å². The molecular weight excluding hydrogens is 518 g/mol. The van der Waals surface area contributed by atoms with E-state index in [1.807, 2.05) is 62.0 Å². The summed E-state index contributed by atoms with van der Waals surface area (Å²) in [5.74, 6) is -0.692. The van der Waals surface area contributed by atoms with Crippen LogP contribution in [-0.2, 0) is 11.3 Å². The monoisotopic (exact) mass is 557 g/mol. The highest BCUT2D eigenvalue weighted by Crippen LogP contribution is 2.31. The maximum atomic E-state index is 13.7. The lowest BCUT2D eigenvalue weighted by Gasteiger charge is -2.37. The van der Waals surface area contributed by atoms with Crippen LogP contribution in [-0.4, -0.2) is 79.7 Å². The third kappa shape index (κ3) is 7.17. The molecule has 1 fully saturated rings. The quantitative estimate of drug-likeness (QED) is 0.424.